The Kier molecular flexibility index (Phi) is 38.8. The summed E-state index contributed by atoms with van der Waals surface area (Å²) in [5.74, 6) is -0.899. The van der Waals surface area contributed by atoms with E-state index in [9.17, 15) is 14.7 Å². The van der Waals surface area contributed by atoms with E-state index in [0.29, 0.717) is 6.42 Å². The topological polar surface area (TPSA) is 95.9 Å². The molecule has 0 saturated carbocycles. The number of amides is 1. The quantitative estimate of drug-likeness (QED) is 0.0336. The summed E-state index contributed by atoms with van der Waals surface area (Å²) in [5.41, 5.74) is 0. The molecular weight excluding hydrogens is 622 g/mol. The van der Waals surface area contributed by atoms with Crippen LogP contribution < -0.4 is 5.32 Å². The second-order valence-corrected chi connectivity index (χ2v) is 14.7. The molecule has 0 aromatic rings. The third-order valence-electron chi connectivity index (χ3n) is 9.78. The van der Waals surface area contributed by atoms with Crippen molar-refractivity contribution >= 4 is 11.9 Å². The zero-order chi connectivity index (χ0) is 36.6. The first-order valence-corrected chi connectivity index (χ1v) is 21.6. The Morgan fingerprint density at radius 1 is 0.540 bits per heavy atom. The molecule has 0 aliphatic heterocycles. The fourth-order valence-electron chi connectivity index (χ4n) is 6.45. The van der Waals surface area contributed by atoms with Gasteiger partial charge in [0.2, 0.25) is 5.91 Å². The normalized spacial score (nSPS) is 13.0. The Morgan fingerprint density at radius 2 is 0.900 bits per heavy atom. The van der Waals surface area contributed by atoms with E-state index in [4.69, 9.17) is 9.84 Å². The minimum Gasteiger partial charge on any atom is -0.462 e. The number of hydrogen-bond acceptors (Lipinski definition) is 5. The minimum atomic E-state index is -0.949. The van der Waals surface area contributed by atoms with Gasteiger partial charge >= 0.3 is 5.97 Å². The van der Waals surface area contributed by atoms with E-state index in [2.05, 4.69) is 31.3 Å². The van der Waals surface area contributed by atoms with Gasteiger partial charge in [0.05, 0.1) is 12.1 Å². The number of unbranched alkanes of at least 4 members (excludes halogenated alkanes) is 28. The minimum absolute atomic E-state index is 0.138. The second-order valence-electron chi connectivity index (χ2n) is 14.7. The monoisotopic (exact) mass is 706 g/mol. The predicted octanol–water partition coefficient (Wildman–Crippen LogP) is 12.0. The number of ether oxygens (including phenoxy) is 1. The summed E-state index contributed by atoms with van der Waals surface area (Å²) in [6.07, 6.45) is 47.3. The summed E-state index contributed by atoms with van der Waals surface area (Å²) in [7, 11) is 0. The highest BCUT2D eigenvalue weighted by atomic mass is 16.5. The van der Waals surface area contributed by atoms with Gasteiger partial charge in [-0.05, 0) is 44.9 Å². The van der Waals surface area contributed by atoms with E-state index in [1.165, 1.54) is 167 Å². The van der Waals surface area contributed by atoms with Crippen molar-refractivity contribution in [2.75, 3.05) is 13.2 Å². The highest BCUT2D eigenvalue weighted by Gasteiger charge is 2.21. The van der Waals surface area contributed by atoms with Gasteiger partial charge in [-0.2, -0.15) is 0 Å². The second kappa shape index (κ2) is 40.1. The Bertz CT molecular complexity index is 782. The maximum absolute atomic E-state index is 12.6. The molecule has 0 rings (SSSR count). The van der Waals surface area contributed by atoms with E-state index >= 15 is 0 Å². The summed E-state index contributed by atoms with van der Waals surface area (Å²) >= 11 is 0. The summed E-state index contributed by atoms with van der Waals surface area (Å²) in [5, 5.41) is 22.6. The van der Waals surface area contributed by atoms with Crippen molar-refractivity contribution in [2.24, 2.45) is 0 Å². The predicted molar refractivity (Wildman–Crippen MR) is 213 cm³/mol. The number of nitrogens with one attached hydrogen (secondary N) is 1. The third-order valence-corrected chi connectivity index (χ3v) is 9.78. The molecule has 6 nitrogen and oxygen atoms in total. The van der Waals surface area contributed by atoms with E-state index in [-0.39, 0.29) is 12.5 Å². The van der Waals surface area contributed by atoms with Crippen LogP contribution in [0.4, 0.5) is 0 Å². The summed E-state index contributed by atoms with van der Waals surface area (Å²) in [4.78, 5) is 24.1. The number of carbonyl (C=O) groups excluding carboxylic acids is 2. The Balaban J connectivity index is 3.89. The van der Waals surface area contributed by atoms with Crippen molar-refractivity contribution in [3.8, 4) is 0 Å². The highest BCUT2D eigenvalue weighted by molar-refractivity contribution is 5.76. The van der Waals surface area contributed by atoms with Crippen LogP contribution in [-0.2, 0) is 14.3 Å². The number of hydrogen-bond donors (Lipinski definition) is 3. The van der Waals surface area contributed by atoms with Crippen molar-refractivity contribution in [1.82, 2.24) is 5.32 Å². The molecule has 1 amide bonds. The van der Waals surface area contributed by atoms with Crippen LogP contribution in [0.2, 0.25) is 0 Å². The zero-order valence-electron chi connectivity index (χ0n) is 33.1. The number of aliphatic hydroxyl groups is 2. The first-order valence-electron chi connectivity index (χ1n) is 21.6. The van der Waals surface area contributed by atoms with Gasteiger partial charge in [-0.1, -0.05) is 192 Å². The maximum Gasteiger partial charge on any atom is 0.331 e. The first kappa shape index (κ1) is 48.3. The van der Waals surface area contributed by atoms with Crippen molar-refractivity contribution in [3.63, 3.8) is 0 Å². The Hall–Kier alpha value is -1.66. The Labute approximate surface area is 310 Å². The number of carbonyl (C=O) groups is 2. The average Bonchev–Trinajstić information content (AvgIpc) is 3.12. The molecule has 294 valence electrons. The number of aliphatic hydroxyl groups excluding tert-OH is 2. The molecule has 0 aliphatic carbocycles. The van der Waals surface area contributed by atoms with Crippen LogP contribution in [0.15, 0.2) is 24.3 Å². The molecule has 0 saturated heterocycles. The molecule has 0 aliphatic rings. The van der Waals surface area contributed by atoms with Gasteiger partial charge in [0, 0.05) is 6.42 Å². The lowest BCUT2D eigenvalue weighted by Gasteiger charge is -2.22. The van der Waals surface area contributed by atoms with Crippen LogP contribution in [0.3, 0.4) is 0 Å². The molecule has 2 unspecified atom stereocenters. The largest absolute Gasteiger partial charge is 0.462 e. The zero-order valence-corrected chi connectivity index (χ0v) is 33.1. The summed E-state index contributed by atoms with van der Waals surface area (Å²) < 4.78 is 5.04. The molecule has 0 fully saturated rings. The Morgan fingerprint density at radius 3 is 1.30 bits per heavy atom. The SMILES string of the molecule is CCCCCCCC/C=C\CCCCCCCCCCCCCC(=O)NC(COC(=O)CO)C(O)/C=C/CCCCCCCCCCCCC. The molecule has 0 aromatic carbocycles. The average molecular weight is 706 g/mol. The molecule has 0 radical (unpaired) electrons. The van der Waals surface area contributed by atoms with Crippen molar-refractivity contribution in [2.45, 2.75) is 231 Å². The van der Waals surface area contributed by atoms with E-state index in [0.717, 1.165) is 32.1 Å². The van der Waals surface area contributed by atoms with Crippen molar-refractivity contribution in [3.05, 3.63) is 24.3 Å². The lowest BCUT2D eigenvalue weighted by atomic mass is 10.0. The first-order chi connectivity index (χ1) is 24.5. The standard InChI is InChI=1S/C44H83NO5/c1-3-5-7-9-11-13-15-17-18-19-20-21-22-23-24-26-28-30-32-34-36-38-43(48)45-41(40-50-44(49)39-46)42(47)37-35-33-31-29-27-25-16-14-12-10-8-6-4-2/h17-18,35,37,41-42,46-47H,3-16,19-34,36,38-40H2,1-2H3,(H,45,48)/b18-17-,37-35+. The third kappa shape index (κ3) is 36.1. The molecule has 2 atom stereocenters. The molecule has 3 N–H and O–H groups in total. The van der Waals surface area contributed by atoms with Crippen LogP contribution in [0.25, 0.3) is 0 Å². The van der Waals surface area contributed by atoms with Crippen LogP contribution in [0.5, 0.6) is 0 Å². The van der Waals surface area contributed by atoms with Crippen molar-refractivity contribution in [1.29, 1.82) is 0 Å². The highest BCUT2D eigenvalue weighted by Crippen LogP contribution is 2.15. The maximum atomic E-state index is 12.6. The van der Waals surface area contributed by atoms with Gasteiger partial charge < -0.3 is 20.3 Å². The molecule has 50 heavy (non-hydrogen) atoms. The summed E-state index contributed by atoms with van der Waals surface area (Å²) in [6, 6.07) is -0.724. The van der Waals surface area contributed by atoms with Crippen LogP contribution >= 0.6 is 0 Å². The number of rotatable bonds is 39. The van der Waals surface area contributed by atoms with E-state index in [1.54, 1.807) is 6.08 Å². The van der Waals surface area contributed by atoms with Gasteiger partial charge in [0.15, 0.2) is 0 Å². The lowest BCUT2D eigenvalue weighted by Crippen LogP contribution is -2.46. The van der Waals surface area contributed by atoms with Crippen LogP contribution in [-0.4, -0.2) is 47.4 Å². The van der Waals surface area contributed by atoms with Gasteiger partial charge in [0.1, 0.15) is 13.2 Å². The number of esters is 1. The van der Waals surface area contributed by atoms with Gasteiger partial charge in [-0.15, -0.1) is 0 Å². The smallest absolute Gasteiger partial charge is 0.331 e. The number of allylic oxidation sites excluding steroid dienone is 3. The molecular formula is C44H83NO5. The van der Waals surface area contributed by atoms with Crippen LogP contribution in [0.1, 0.15) is 219 Å². The van der Waals surface area contributed by atoms with Crippen molar-refractivity contribution < 1.29 is 24.5 Å². The molecule has 6 heteroatoms. The fourth-order valence-corrected chi connectivity index (χ4v) is 6.45. The van der Waals surface area contributed by atoms with Gasteiger partial charge in [-0.3, -0.25) is 4.79 Å². The molecule has 0 bridgehead atoms. The summed E-state index contributed by atoms with van der Waals surface area (Å²) in [6.45, 7) is 3.65. The van der Waals surface area contributed by atoms with Gasteiger partial charge in [-0.25, -0.2) is 4.79 Å². The van der Waals surface area contributed by atoms with Crippen LogP contribution in [0, 0.1) is 0 Å². The van der Waals surface area contributed by atoms with Gasteiger partial charge in [0.25, 0.3) is 0 Å². The molecule has 0 heterocycles. The van der Waals surface area contributed by atoms with E-state index in [1.807, 2.05) is 6.08 Å². The molecule has 0 aromatic heterocycles. The molecule has 0 spiro atoms. The lowest BCUT2D eigenvalue weighted by molar-refractivity contribution is -0.148. The van der Waals surface area contributed by atoms with E-state index < -0.39 is 24.7 Å². The fraction of sp³-hybridized carbons (Fsp3) is 0.864.